The molecule has 4 aromatic carbocycles. The first-order valence-electron chi connectivity index (χ1n) is 11.6. The van der Waals surface area contributed by atoms with Crippen LogP contribution in [-0.4, -0.2) is 36.2 Å². The quantitative estimate of drug-likeness (QED) is 0.206. The summed E-state index contributed by atoms with van der Waals surface area (Å²) in [5.74, 6) is -2.10. The lowest BCUT2D eigenvalue weighted by atomic mass is 9.88. The third-order valence-corrected chi connectivity index (χ3v) is 6.25. The number of rotatable bonds is 9. The van der Waals surface area contributed by atoms with Crippen LogP contribution in [-0.2, 0) is 17.8 Å². The number of amides is 2. The molecule has 4 aromatic rings. The number of nitrogens with one attached hydrogen (secondary N) is 1. The largest absolute Gasteiger partial charge is 0.478 e. The molecule has 7 nitrogen and oxygen atoms in total. The van der Waals surface area contributed by atoms with Crippen LogP contribution in [0.25, 0.3) is 10.8 Å². The van der Waals surface area contributed by atoms with Crippen LogP contribution in [0.3, 0.4) is 0 Å². The van der Waals surface area contributed by atoms with Crippen molar-refractivity contribution >= 4 is 34.2 Å². The summed E-state index contributed by atoms with van der Waals surface area (Å²) < 4.78 is 5.79. The molecule has 0 fully saturated rings. The Kier molecular flexibility index (Phi) is 6.58. The number of anilines is 1. The Morgan fingerprint density at radius 1 is 0.806 bits per heavy atom. The number of carbonyl (C=O) groups excluding carboxylic acids is 2. The monoisotopic (exact) mass is 480 g/mol. The van der Waals surface area contributed by atoms with Gasteiger partial charge in [-0.25, -0.2) is 9.69 Å². The molecule has 1 aliphatic heterocycles. The number of carbonyl (C=O) groups is 3. The minimum atomic E-state index is -1.13. The van der Waals surface area contributed by atoms with E-state index in [0.717, 1.165) is 17.9 Å². The lowest BCUT2D eigenvalue weighted by molar-refractivity contribution is 0.0697. The fourth-order valence-electron chi connectivity index (χ4n) is 4.55. The van der Waals surface area contributed by atoms with Gasteiger partial charge in [-0.1, -0.05) is 54.6 Å². The van der Waals surface area contributed by atoms with Crippen LogP contribution in [0.4, 0.5) is 5.69 Å². The zero-order valence-electron chi connectivity index (χ0n) is 19.4. The highest BCUT2D eigenvalue weighted by atomic mass is 16.5. The van der Waals surface area contributed by atoms with Crippen molar-refractivity contribution in [3.63, 3.8) is 0 Å². The van der Waals surface area contributed by atoms with E-state index in [2.05, 4.69) is 17.4 Å². The summed E-state index contributed by atoms with van der Waals surface area (Å²) in [6.45, 7) is 1.13. The first-order valence-corrected chi connectivity index (χ1v) is 11.6. The number of benzene rings is 4. The van der Waals surface area contributed by atoms with Crippen molar-refractivity contribution in [3.05, 3.63) is 113 Å². The van der Waals surface area contributed by atoms with Crippen LogP contribution in [0.1, 0.15) is 42.2 Å². The highest BCUT2D eigenvalue weighted by Gasteiger charge is 2.35. The first kappa shape index (κ1) is 23.4. The molecule has 7 heteroatoms. The Labute approximate surface area is 207 Å². The highest BCUT2D eigenvalue weighted by molar-refractivity contribution is 6.36. The number of hydrogen-bond acceptors (Lipinski definition) is 5. The van der Waals surface area contributed by atoms with Gasteiger partial charge in [-0.15, -0.1) is 0 Å². The number of ether oxygens (including phenoxy) is 1. The Balaban J connectivity index is 1.41. The molecular formula is C29H24N2O5. The van der Waals surface area contributed by atoms with Gasteiger partial charge < -0.3 is 9.84 Å². The van der Waals surface area contributed by atoms with E-state index in [-0.39, 0.29) is 30.0 Å². The maximum atomic E-state index is 13.4. The fraction of sp³-hybridized carbons (Fsp3) is 0.138. The van der Waals surface area contributed by atoms with Crippen LogP contribution in [0.15, 0.2) is 84.9 Å². The van der Waals surface area contributed by atoms with Gasteiger partial charge in [0.25, 0.3) is 11.8 Å². The van der Waals surface area contributed by atoms with Gasteiger partial charge in [0.2, 0.25) is 0 Å². The average Bonchev–Trinajstić information content (AvgIpc) is 2.90. The number of aromatic carboxylic acids is 1. The molecule has 180 valence electrons. The summed E-state index contributed by atoms with van der Waals surface area (Å²) in [7, 11) is 0. The molecule has 0 bridgehead atoms. The maximum absolute atomic E-state index is 13.4. The van der Waals surface area contributed by atoms with Gasteiger partial charge in [0.1, 0.15) is 0 Å². The van der Waals surface area contributed by atoms with Gasteiger partial charge in [-0.2, -0.15) is 0 Å². The molecule has 0 atom stereocenters. The van der Waals surface area contributed by atoms with E-state index in [4.69, 9.17) is 4.74 Å². The Hall–Kier alpha value is -4.33. The summed E-state index contributed by atoms with van der Waals surface area (Å²) >= 11 is 0. The Morgan fingerprint density at radius 3 is 2.11 bits per heavy atom. The number of para-hydroxylation sites is 1. The zero-order valence-corrected chi connectivity index (χ0v) is 19.4. The van der Waals surface area contributed by atoms with Crippen LogP contribution in [0, 0.1) is 0 Å². The average molecular weight is 481 g/mol. The molecule has 1 heterocycles. The summed E-state index contributed by atoms with van der Waals surface area (Å²) in [6, 6.07) is 25.0. The van der Waals surface area contributed by atoms with Gasteiger partial charge in [-0.3, -0.25) is 14.9 Å². The molecule has 0 spiro atoms. The standard InChI is InChI=1S/C29H24N2O5/c32-27-22-12-11-20(17-36-18-30-16-15-19-7-3-1-4-8-19)25-24(29(34)35)14-13-23(26(22)25)28(33)31(27)21-9-5-2-6-10-21/h1-14,30H,15-18H2,(H,34,35). The minimum absolute atomic E-state index is 0.0278. The van der Waals surface area contributed by atoms with E-state index in [1.165, 1.54) is 17.7 Å². The number of imide groups is 1. The van der Waals surface area contributed by atoms with Crippen LogP contribution >= 0.6 is 0 Å². The van der Waals surface area contributed by atoms with Crippen LogP contribution in [0.5, 0.6) is 0 Å². The normalized spacial score (nSPS) is 12.8. The third kappa shape index (κ3) is 4.37. The minimum Gasteiger partial charge on any atom is -0.478 e. The summed E-state index contributed by atoms with van der Waals surface area (Å²) in [6.07, 6.45) is 0.858. The van der Waals surface area contributed by atoms with Crippen molar-refractivity contribution in [3.8, 4) is 0 Å². The van der Waals surface area contributed by atoms with E-state index in [0.29, 0.717) is 22.0 Å². The molecule has 2 amide bonds. The van der Waals surface area contributed by atoms with E-state index in [1.54, 1.807) is 42.5 Å². The van der Waals surface area contributed by atoms with Crippen molar-refractivity contribution in [2.75, 3.05) is 18.2 Å². The number of nitrogens with zero attached hydrogens (tertiary/aromatic N) is 1. The molecule has 2 N–H and O–H groups in total. The topological polar surface area (TPSA) is 95.9 Å². The van der Waals surface area contributed by atoms with Gasteiger partial charge in [-0.05, 0) is 47.9 Å². The van der Waals surface area contributed by atoms with Crippen LogP contribution in [0.2, 0.25) is 0 Å². The van der Waals surface area contributed by atoms with Crippen molar-refractivity contribution in [2.24, 2.45) is 0 Å². The molecule has 0 saturated carbocycles. The molecule has 0 aliphatic carbocycles. The lowest BCUT2D eigenvalue weighted by Crippen LogP contribution is -2.40. The Bertz CT molecular complexity index is 1430. The van der Waals surface area contributed by atoms with Gasteiger partial charge in [0, 0.05) is 28.4 Å². The van der Waals surface area contributed by atoms with Crippen molar-refractivity contribution in [1.82, 2.24) is 5.32 Å². The predicted octanol–water partition coefficient (Wildman–Crippen LogP) is 4.65. The van der Waals surface area contributed by atoms with E-state index >= 15 is 0 Å². The third-order valence-electron chi connectivity index (χ3n) is 6.25. The van der Waals surface area contributed by atoms with E-state index < -0.39 is 17.8 Å². The van der Waals surface area contributed by atoms with Crippen molar-refractivity contribution in [1.29, 1.82) is 0 Å². The zero-order chi connectivity index (χ0) is 25.1. The highest BCUT2D eigenvalue weighted by Crippen LogP contribution is 2.36. The predicted molar refractivity (Wildman–Crippen MR) is 136 cm³/mol. The fourth-order valence-corrected chi connectivity index (χ4v) is 4.55. The van der Waals surface area contributed by atoms with Gasteiger partial charge in [0.15, 0.2) is 0 Å². The second-order valence-electron chi connectivity index (χ2n) is 8.50. The summed E-state index contributed by atoms with van der Waals surface area (Å²) in [5, 5.41) is 13.8. The lowest BCUT2D eigenvalue weighted by Gasteiger charge is -2.28. The molecule has 0 aromatic heterocycles. The molecule has 0 radical (unpaired) electrons. The Morgan fingerprint density at radius 2 is 1.44 bits per heavy atom. The first-order chi connectivity index (χ1) is 17.6. The molecule has 0 unspecified atom stereocenters. The van der Waals surface area contributed by atoms with Crippen molar-refractivity contribution < 1.29 is 24.2 Å². The smallest absolute Gasteiger partial charge is 0.336 e. The number of hydrogen-bond donors (Lipinski definition) is 2. The summed E-state index contributed by atoms with van der Waals surface area (Å²) in [5.41, 5.74) is 2.89. The van der Waals surface area contributed by atoms with Gasteiger partial charge in [0.05, 0.1) is 24.6 Å². The maximum Gasteiger partial charge on any atom is 0.336 e. The molecule has 0 saturated heterocycles. The van der Waals surface area contributed by atoms with E-state index in [1.807, 2.05) is 18.2 Å². The molecule has 1 aliphatic rings. The molecule has 36 heavy (non-hydrogen) atoms. The number of carboxylic acids is 1. The molecular weight excluding hydrogens is 456 g/mol. The summed E-state index contributed by atoms with van der Waals surface area (Å²) in [4.78, 5) is 39.9. The molecule has 5 rings (SSSR count). The van der Waals surface area contributed by atoms with Gasteiger partial charge >= 0.3 is 5.97 Å². The number of carboxylic acid groups (broad SMARTS) is 1. The second-order valence-corrected chi connectivity index (χ2v) is 8.50. The SMILES string of the molecule is O=C(O)c1ccc2c3c(ccc(COCNCCc4ccccc4)c13)C(=O)N(c1ccccc1)C2=O. The van der Waals surface area contributed by atoms with E-state index in [9.17, 15) is 19.5 Å². The van der Waals surface area contributed by atoms with Crippen molar-refractivity contribution in [2.45, 2.75) is 13.0 Å². The second kappa shape index (κ2) is 10.1. The van der Waals surface area contributed by atoms with Crippen LogP contribution < -0.4 is 10.2 Å².